The topological polar surface area (TPSA) is 111 Å². The number of fused-ring (bicyclic) bond motifs is 2. The van der Waals surface area contributed by atoms with Crippen LogP contribution >= 0.6 is 0 Å². The van der Waals surface area contributed by atoms with Gasteiger partial charge in [-0.3, -0.25) is 24.1 Å². The van der Waals surface area contributed by atoms with Crippen LogP contribution in [0.25, 0.3) is 10.9 Å². The van der Waals surface area contributed by atoms with Crippen molar-refractivity contribution in [1.29, 1.82) is 0 Å². The molecule has 1 aliphatic heterocycles. The Bertz CT molecular complexity index is 1190. The molecule has 9 nitrogen and oxygen atoms in total. The average molecular weight is 392 g/mol. The lowest BCUT2D eigenvalue weighted by Crippen LogP contribution is -2.43. The van der Waals surface area contributed by atoms with Crippen molar-refractivity contribution in [2.24, 2.45) is 0 Å². The molecule has 9 heteroatoms. The minimum atomic E-state index is -0.661. The van der Waals surface area contributed by atoms with Crippen LogP contribution < -0.4 is 5.56 Å². The lowest BCUT2D eigenvalue weighted by molar-refractivity contribution is -0.148. The van der Waals surface area contributed by atoms with E-state index in [-0.39, 0.29) is 25.3 Å². The summed E-state index contributed by atoms with van der Waals surface area (Å²) in [5.41, 5.74) is 1.15. The maximum absolute atomic E-state index is 12.5. The largest absolute Gasteiger partial charge is 0.442 e. The number of benzene rings is 2. The fourth-order valence-corrected chi connectivity index (χ4v) is 3.14. The number of esters is 1. The first-order chi connectivity index (χ1) is 14.0. The van der Waals surface area contributed by atoms with Gasteiger partial charge in [0.1, 0.15) is 5.52 Å². The van der Waals surface area contributed by atoms with Gasteiger partial charge in [-0.05, 0) is 23.8 Å². The highest BCUT2D eigenvalue weighted by Crippen LogP contribution is 2.19. The number of hydrogen-bond donors (Lipinski definition) is 0. The molecule has 4 rings (SSSR count). The highest BCUT2D eigenvalue weighted by molar-refractivity contribution is 6.09. The van der Waals surface area contributed by atoms with E-state index in [1.54, 1.807) is 48.5 Å². The maximum Gasteiger partial charge on any atom is 0.309 e. The Hall–Kier alpha value is -3.88. The van der Waals surface area contributed by atoms with Gasteiger partial charge in [-0.2, -0.15) is 4.68 Å². The van der Waals surface area contributed by atoms with E-state index >= 15 is 0 Å². The predicted octanol–water partition coefficient (Wildman–Crippen LogP) is 0.907. The van der Waals surface area contributed by atoms with Crippen LogP contribution in [0.3, 0.4) is 0 Å². The highest BCUT2D eigenvalue weighted by Gasteiger charge is 2.30. The van der Waals surface area contributed by atoms with Crippen molar-refractivity contribution in [3.05, 3.63) is 70.0 Å². The van der Waals surface area contributed by atoms with Crippen LogP contribution in [0.4, 0.5) is 0 Å². The van der Waals surface area contributed by atoms with Gasteiger partial charge in [0.2, 0.25) is 5.91 Å². The van der Waals surface area contributed by atoms with E-state index < -0.39 is 24.2 Å². The predicted molar refractivity (Wildman–Crippen MR) is 101 cm³/mol. The molecule has 0 N–H and O–H groups in total. The molecule has 29 heavy (non-hydrogen) atoms. The third-order valence-electron chi connectivity index (χ3n) is 4.65. The Morgan fingerprint density at radius 3 is 2.66 bits per heavy atom. The monoisotopic (exact) mass is 392 g/mol. The lowest BCUT2D eigenvalue weighted by Gasteiger charge is -2.26. The van der Waals surface area contributed by atoms with E-state index in [1.165, 1.54) is 0 Å². The van der Waals surface area contributed by atoms with Gasteiger partial charge in [-0.25, -0.2) is 0 Å². The number of carbonyl (C=O) groups is 3. The first kappa shape index (κ1) is 18.5. The van der Waals surface area contributed by atoms with Crippen LogP contribution in [-0.4, -0.2) is 44.2 Å². The van der Waals surface area contributed by atoms with E-state index in [9.17, 15) is 19.2 Å². The molecule has 0 atom stereocenters. The number of hydrogen-bond acceptors (Lipinski definition) is 7. The molecule has 3 aromatic rings. The van der Waals surface area contributed by atoms with Gasteiger partial charge in [0.25, 0.3) is 11.5 Å². The summed E-state index contributed by atoms with van der Waals surface area (Å²) in [6, 6.07) is 13.6. The summed E-state index contributed by atoms with van der Waals surface area (Å²) in [6.07, 6.45) is -0.0750. The minimum Gasteiger partial charge on any atom is -0.442 e. The molecule has 2 heterocycles. The van der Waals surface area contributed by atoms with Crippen molar-refractivity contribution < 1.29 is 19.1 Å². The maximum atomic E-state index is 12.5. The third kappa shape index (κ3) is 3.62. The number of ether oxygens (including phenoxy) is 1. The van der Waals surface area contributed by atoms with E-state index in [4.69, 9.17) is 4.74 Å². The molecule has 2 amide bonds. The summed E-state index contributed by atoms with van der Waals surface area (Å²) in [5.74, 6) is -1.45. The van der Waals surface area contributed by atoms with Crippen LogP contribution in [0, 0.1) is 0 Å². The molecule has 2 aromatic carbocycles. The molecule has 0 aliphatic carbocycles. The number of carbonyl (C=O) groups excluding carboxylic acids is 3. The van der Waals surface area contributed by atoms with Gasteiger partial charge in [0, 0.05) is 12.1 Å². The van der Waals surface area contributed by atoms with Crippen LogP contribution in [0.2, 0.25) is 0 Å². The van der Waals surface area contributed by atoms with Gasteiger partial charge >= 0.3 is 5.97 Å². The Kier molecular flexibility index (Phi) is 4.86. The summed E-state index contributed by atoms with van der Waals surface area (Å²) in [6.45, 7) is -0.497. The number of rotatable bonds is 5. The molecule has 1 aliphatic rings. The summed E-state index contributed by atoms with van der Waals surface area (Å²) < 4.78 is 6.00. The fraction of sp³-hybridized carbons (Fsp3) is 0.200. The molecule has 0 saturated heterocycles. The van der Waals surface area contributed by atoms with Gasteiger partial charge in [0.15, 0.2) is 6.73 Å². The lowest BCUT2D eigenvalue weighted by atomic mass is 9.98. The summed E-state index contributed by atoms with van der Waals surface area (Å²) >= 11 is 0. The van der Waals surface area contributed by atoms with Crippen LogP contribution in [0.1, 0.15) is 22.3 Å². The molecular weight excluding hydrogens is 376 g/mol. The first-order valence-electron chi connectivity index (χ1n) is 8.95. The standard InChI is InChI=1S/C20H16N4O5/c25-17-11-13-5-1-2-6-14(13)19(27)23(17)10-9-18(26)29-12-24-20(28)15-7-3-4-8-16(15)21-22-24/h1-8H,9-12H2. The van der Waals surface area contributed by atoms with Crippen LogP contribution in [-0.2, 0) is 27.5 Å². The van der Waals surface area contributed by atoms with Gasteiger partial charge < -0.3 is 4.74 Å². The van der Waals surface area contributed by atoms with E-state index in [0.29, 0.717) is 22.0 Å². The second-order valence-electron chi connectivity index (χ2n) is 6.49. The highest BCUT2D eigenvalue weighted by atomic mass is 16.5. The second-order valence-corrected chi connectivity index (χ2v) is 6.49. The minimum absolute atomic E-state index is 0.0941. The SMILES string of the molecule is O=C(CCN1C(=O)Cc2ccccc2C1=O)OCn1nnc2ccccc2c1=O. The molecule has 0 bridgehead atoms. The number of imide groups is 1. The zero-order valence-corrected chi connectivity index (χ0v) is 15.3. The van der Waals surface area contributed by atoms with Crippen molar-refractivity contribution in [2.45, 2.75) is 19.6 Å². The second kappa shape index (κ2) is 7.63. The van der Waals surface area contributed by atoms with Crippen molar-refractivity contribution in [2.75, 3.05) is 6.54 Å². The van der Waals surface area contributed by atoms with Crippen molar-refractivity contribution in [3.63, 3.8) is 0 Å². The zero-order valence-electron chi connectivity index (χ0n) is 15.3. The van der Waals surface area contributed by atoms with Crippen LogP contribution in [0.5, 0.6) is 0 Å². The molecule has 0 spiro atoms. The van der Waals surface area contributed by atoms with Crippen molar-refractivity contribution >= 4 is 28.7 Å². The van der Waals surface area contributed by atoms with Gasteiger partial charge in [0.05, 0.1) is 18.2 Å². The Morgan fingerprint density at radius 1 is 1.03 bits per heavy atom. The quantitative estimate of drug-likeness (QED) is 0.469. The Morgan fingerprint density at radius 2 is 1.79 bits per heavy atom. The van der Waals surface area contributed by atoms with E-state index in [1.807, 2.05) is 0 Å². The first-order valence-corrected chi connectivity index (χ1v) is 8.95. The molecule has 0 saturated carbocycles. The molecule has 1 aromatic heterocycles. The smallest absolute Gasteiger partial charge is 0.309 e. The van der Waals surface area contributed by atoms with Gasteiger partial charge in [-0.1, -0.05) is 35.5 Å². The molecule has 0 fully saturated rings. The van der Waals surface area contributed by atoms with Crippen molar-refractivity contribution in [1.82, 2.24) is 19.9 Å². The zero-order chi connectivity index (χ0) is 20.4. The summed E-state index contributed by atoms with van der Waals surface area (Å²) in [5, 5.41) is 8.00. The Labute approximate surface area is 164 Å². The van der Waals surface area contributed by atoms with Gasteiger partial charge in [-0.15, -0.1) is 5.10 Å². The molecular formula is C20H16N4O5. The molecule has 0 unspecified atom stereocenters. The normalized spacial score (nSPS) is 13.4. The fourth-order valence-electron chi connectivity index (χ4n) is 3.14. The van der Waals surface area contributed by atoms with Crippen LogP contribution in [0.15, 0.2) is 53.3 Å². The summed E-state index contributed by atoms with van der Waals surface area (Å²) in [7, 11) is 0. The molecule has 146 valence electrons. The summed E-state index contributed by atoms with van der Waals surface area (Å²) in [4.78, 5) is 50.1. The van der Waals surface area contributed by atoms with E-state index in [0.717, 1.165) is 9.58 Å². The van der Waals surface area contributed by atoms with Crippen molar-refractivity contribution in [3.8, 4) is 0 Å². The molecule has 0 radical (unpaired) electrons. The number of nitrogens with zero attached hydrogens (tertiary/aromatic N) is 4. The number of aromatic nitrogens is 3. The Balaban J connectivity index is 1.37. The van der Waals surface area contributed by atoms with E-state index in [2.05, 4.69) is 10.3 Å². The average Bonchev–Trinajstić information content (AvgIpc) is 2.73. The number of amides is 2. The third-order valence-corrected chi connectivity index (χ3v) is 4.65.